The molecule has 0 bridgehead atoms. The van der Waals surface area contributed by atoms with E-state index in [1.807, 2.05) is 54.6 Å². The minimum absolute atomic E-state index is 0.0146. The van der Waals surface area contributed by atoms with Crippen molar-refractivity contribution in [2.45, 2.75) is 49.6 Å². The molecular formula is C26H24O4. The monoisotopic (exact) mass is 400 g/mol. The van der Waals surface area contributed by atoms with Crippen molar-refractivity contribution in [1.82, 2.24) is 0 Å². The lowest BCUT2D eigenvalue weighted by Gasteiger charge is -2.29. The van der Waals surface area contributed by atoms with E-state index in [1.165, 1.54) is 0 Å². The number of carbonyl (C=O) groups is 2. The van der Waals surface area contributed by atoms with Gasteiger partial charge < -0.3 is 9.47 Å². The van der Waals surface area contributed by atoms with Gasteiger partial charge in [0, 0.05) is 24.8 Å². The first-order chi connectivity index (χ1) is 14.5. The molecule has 2 atom stereocenters. The summed E-state index contributed by atoms with van der Waals surface area (Å²) in [7, 11) is 0. The van der Waals surface area contributed by atoms with Gasteiger partial charge in [-0.3, -0.25) is 9.59 Å². The molecule has 30 heavy (non-hydrogen) atoms. The summed E-state index contributed by atoms with van der Waals surface area (Å²) in [4.78, 5) is 24.2. The van der Waals surface area contributed by atoms with Crippen LogP contribution in [-0.2, 0) is 14.3 Å². The number of allylic oxidation sites excluding steroid dienone is 2. The summed E-state index contributed by atoms with van der Waals surface area (Å²) >= 11 is 0. The molecule has 2 aromatic rings. The maximum atomic E-state index is 12.8. The quantitative estimate of drug-likeness (QED) is 0.674. The number of carbonyl (C=O) groups excluding carboxylic acids is 2. The Hall–Kier alpha value is -2.82. The first-order valence-corrected chi connectivity index (χ1v) is 10.5. The van der Waals surface area contributed by atoms with Gasteiger partial charge in [0.15, 0.2) is 17.4 Å². The number of hydrogen-bond acceptors (Lipinski definition) is 4. The van der Waals surface area contributed by atoms with Crippen LogP contribution in [0.3, 0.4) is 0 Å². The molecule has 5 rings (SSSR count). The molecule has 2 aromatic carbocycles. The van der Waals surface area contributed by atoms with E-state index < -0.39 is 11.4 Å². The SMILES string of the molecule is O=C1C=CC2(C=C1)CC[C@]1(CC[C@@H](CC(=O)c3ccc(-c4ccccc4)cc3)O1)O2. The van der Waals surface area contributed by atoms with Gasteiger partial charge in [0.1, 0.15) is 5.60 Å². The molecule has 4 heteroatoms. The lowest BCUT2D eigenvalue weighted by atomic mass is 9.94. The molecule has 1 aliphatic carbocycles. The van der Waals surface area contributed by atoms with E-state index in [4.69, 9.17) is 9.47 Å². The van der Waals surface area contributed by atoms with Crippen LogP contribution in [0.4, 0.5) is 0 Å². The predicted molar refractivity (Wildman–Crippen MR) is 114 cm³/mol. The van der Waals surface area contributed by atoms with Crippen molar-refractivity contribution >= 4 is 11.6 Å². The summed E-state index contributed by atoms with van der Waals surface area (Å²) in [6.45, 7) is 0. The number of rotatable bonds is 4. The highest BCUT2D eigenvalue weighted by molar-refractivity contribution is 6.00. The molecule has 0 radical (unpaired) electrons. The summed E-state index contributed by atoms with van der Waals surface area (Å²) in [6.07, 6.45) is 10.1. The van der Waals surface area contributed by atoms with Gasteiger partial charge in [0.25, 0.3) is 0 Å². The van der Waals surface area contributed by atoms with Gasteiger partial charge in [-0.1, -0.05) is 54.6 Å². The Balaban J connectivity index is 1.21. The third-order valence-electron chi connectivity index (χ3n) is 6.29. The van der Waals surface area contributed by atoms with Crippen molar-refractivity contribution < 1.29 is 19.1 Å². The zero-order valence-corrected chi connectivity index (χ0v) is 16.8. The van der Waals surface area contributed by atoms with E-state index in [1.54, 1.807) is 12.2 Å². The molecule has 0 amide bonds. The third-order valence-corrected chi connectivity index (χ3v) is 6.29. The van der Waals surface area contributed by atoms with Crippen molar-refractivity contribution in [3.05, 3.63) is 84.5 Å². The average Bonchev–Trinajstić information content (AvgIpc) is 3.34. The fourth-order valence-corrected chi connectivity index (χ4v) is 4.64. The van der Waals surface area contributed by atoms with E-state index in [0.717, 1.165) is 36.8 Å². The van der Waals surface area contributed by atoms with Crippen molar-refractivity contribution in [1.29, 1.82) is 0 Å². The molecule has 3 aliphatic rings. The highest BCUT2D eigenvalue weighted by Gasteiger charge is 2.52. The van der Waals surface area contributed by atoms with Gasteiger partial charge in [-0.2, -0.15) is 0 Å². The first kappa shape index (κ1) is 19.2. The molecule has 2 heterocycles. The zero-order chi connectivity index (χ0) is 20.6. The van der Waals surface area contributed by atoms with Crippen molar-refractivity contribution in [3.8, 4) is 11.1 Å². The van der Waals surface area contributed by atoms with Crippen LogP contribution < -0.4 is 0 Å². The van der Waals surface area contributed by atoms with Crippen LogP contribution >= 0.6 is 0 Å². The van der Waals surface area contributed by atoms with E-state index in [0.29, 0.717) is 12.0 Å². The molecule has 4 nitrogen and oxygen atoms in total. The fourth-order valence-electron chi connectivity index (χ4n) is 4.64. The molecule has 0 N–H and O–H groups in total. The Kier molecular flexibility index (Phi) is 4.76. The van der Waals surface area contributed by atoms with Crippen molar-refractivity contribution in [2.24, 2.45) is 0 Å². The minimum Gasteiger partial charge on any atom is -0.346 e. The van der Waals surface area contributed by atoms with Crippen LogP contribution in [0.5, 0.6) is 0 Å². The van der Waals surface area contributed by atoms with Crippen molar-refractivity contribution in [3.63, 3.8) is 0 Å². The standard InChI is InChI=1S/C26H24O4/c27-22-10-13-25(14-11-22)16-17-26(30-25)15-12-23(29-26)18-24(28)21-8-6-20(7-9-21)19-4-2-1-3-5-19/h1-11,13-14,23H,12,15-18H2/t23-,26-/m0/s1. The summed E-state index contributed by atoms with van der Waals surface area (Å²) < 4.78 is 12.6. The molecular weight excluding hydrogens is 376 g/mol. The maximum Gasteiger partial charge on any atom is 0.178 e. The topological polar surface area (TPSA) is 52.6 Å². The molecule has 2 spiro atoms. The Morgan fingerprint density at radius 2 is 1.60 bits per heavy atom. The van der Waals surface area contributed by atoms with Gasteiger partial charge in [-0.25, -0.2) is 0 Å². The number of benzene rings is 2. The Morgan fingerprint density at radius 1 is 0.900 bits per heavy atom. The van der Waals surface area contributed by atoms with Crippen LogP contribution in [0.1, 0.15) is 42.5 Å². The lowest BCUT2D eigenvalue weighted by Crippen LogP contribution is -2.34. The molecule has 2 fully saturated rings. The largest absolute Gasteiger partial charge is 0.346 e. The second-order valence-corrected chi connectivity index (χ2v) is 8.39. The molecule has 152 valence electrons. The molecule has 0 saturated carbocycles. The van der Waals surface area contributed by atoms with Crippen molar-refractivity contribution in [2.75, 3.05) is 0 Å². The molecule has 2 aliphatic heterocycles. The Bertz CT molecular complexity index is 1000. The van der Waals surface area contributed by atoms with Gasteiger partial charge >= 0.3 is 0 Å². The normalized spacial score (nSPS) is 26.7. The second kappa shape index (κ2) is 7.46. The van der Waals surface area contributed by atoms with E-state index >= 15 is 0 Å². The predicted octanol–water partition coefficient (Wildman–Crippen LogP) is 5.05. The lowest BCUT2D eigenvalue weighted by molar-refractivity contribution is -0.222. The molecule has 2 saturated heterocycles. The van der Waals surface area contributed by atoms with E-state index in [2.05, 4.69) is 12.1 Å². The highest BCUT2D eigenvalue weighted by atomic mass is 16.7. The van der Waals surface area contributed by atoms with E-state index in [9.17, 15) is 9.59 Å². The number of ketones is 2. The summed E-state index contributed by atoms with van der Waals surface area (Å²) in [5.41, 5.74) is 2.40. The summed E-state index contributed by atoms with van der Waals surface area (Å²) in [5.74, 6) is -0.566. The van der Waals surface area contributed by atoms with E-state index in [-0.39, 0.29) is 17.7 Å². The molecule has 0 aromatic heterocycles. The summed E-state index contributed by atoms with van der Waals surface area (Å²) in [6, 6.07) is 17.9. The van der Waals surface area contributed by atoms with Gasteiger partial charge in [0.05, 0.1) is 6.10 Å². The zero-order valence-electron chi connectivity index (χ0n) is 16.8. The first-order valence-electron chi connectivity index (χ1n) is 10.5. The second-order valence-electron chi connectivity index (χ2n) is 8.39. The highest BCUT2D eigenvalue weighted by Crippen LogP contribution is 2.48. The van der Waals surface area contributed by atoms with Gasteiger partial charge in [-0.05, 0) is 48.3 Å². The number of Topliss-reactive ketones (excluding diaryl/α,β-unsaturated/α-hetero) is 1. The smallest absolute Gasteiger partial charge is 0.178 e. The number of hydrogen-bond donors (Lipinski definition) is 0. The van der Waals surface area contributed by atoms with Crippen LogP contribution in [-0.4, -0.2) is 29.1 Å². The summed E-state index contributed by atoms with van der Waals surface area (Å²) in [5, 5.41) is 0. The molecule has 0 unspecified atom stereocenters. The average molecular weight is 400 g/mol. The van der Waals surface area contributed by atoms with Gasteiger partial charge in [0.2, 0.25) is 0 Å². The minimum atomic E-state index is -0.642. The third kappa shape index (κ3) is 3.69. The van der Waals surface area contributed by atoms with Crippen LogP contribution in [0, 0.1) is 0 Å². The van der Waals surface area contributed by atoms with Gasteiger partial charge in [-0.15, -0.1) is 0 Å². The Morgan fingerprint density at radius 3 is 2.33 bits per heavy atom. The van der Waals surface area contributed by atoms with Crippen LogP contribution in [0.25, 0.3) is 11.1 Å². The number of ether oxygens (including phenoxy) is 2. The van der Waals surface area contributed by atoms with Crippen LogP contribution in [0.15, 0.2) is 78.9 Å². The van der Waals surface area contributed by atoms with Crippen LogP contribution in [0.2, 0.25) is 0 Å². The maximum absolute atomic E-state index is 12.8. The Labute approximate surface area is 176 Å². The fraction of sp³-hybridized carbons (Fsp3) is 0.308.